The minimum Gasteiger partial charge on any atom is -0.309 e. The fourth-order valence-corrected chi connectivity index (χ4v) is 15.7. The van der Waals surface area contributed by atoms with E-state index in [4.69, 9.17) is 19.9 Å². The van der Waals surface area contributed by atoms with Gasteiger partial charge in [0.1, 0.15) is 0 Å². The maximum atomic E-state index is 5.02. The molecule has 15 aromatic carbocycles. The first-order valence-corrected chi connectivity index (χ1v) is 35.3. The molecule has 0 saturated heterocycles. The van der Waals surface area contributed by atoms with E-state index in [0.717, 1.165) is 61.4 Å². The van der Waals surface area contributed by atoms with Crippen molar-refractivity contribution in [2.24, 2.45) is 0 Å². The van der Waals surface area contributed by atoms with Gasteiger partial charge in [-0.15, -0.1) is 0 Å². The summed E-state index contributed by atoms with van der Waals surface area (Å²) in [5.41, 5.74) is 23.7. The van der Waals surface area contributed by atoms with Crippen molar-refractivity contribution in [3.63, 3.8) is 0 Å². The third kappa shape index (κ3) is 10.2. The molecule has 0 spiro atoms. The molecule has 6 aromatic heterocycles. The van der Waals surface area contributed by atoms with Crippen molar-refractivity contribution >= 4 is 98.0 Å². The number of hydrogen-bond acceptors (Lipinski definition) is 4. The van der Waals surface area contributed by atoms with E-state index < -0.39 is 0 Å². The molecule has 0 radical (unpaired) electrons. The van der Waals surface area contributed by atoms with Crippen LogP contribution in [0.1, 0.15) is 0 Å². The van der Waals surface area contributed by atoms with E-state index in [0.29, 0.717) is 17.5 Å². The molecular weight excluding hydrogens is 1270 g/mol. The molecule has 104 heavy (non-hydrogen) atoms. The highest BCUT2D eigenvalue weighted by atomic mass is 15.0. The number of aromatic nitrogens is 8. The second-order valence-electron chi connectivity index (χ2n) is 26.5. The summed E-state index contributed by atoms with van der Waals surface area (Å²) in [5, 5.41) is 12.2. The second kappa shape index (κ2) is 25.0. The van der Waals surface area contributed by atoms with Crippen LogP contribution in [-0.4, -0.2) is 38.2 Å². The topological polar surface area (TPSA) is 71.3 Å². The smallest absolute Gasteiger partial charge is 0.164 e. The van der Waals surface area contributed by atoms with E-state index in [-0.39, 0.29) is 0 Å². The summed E-state index contributed by atoms with van der Waals surface area (Å²) in [6, 6.07) is 132. The Hall–Kier alpha value is -14.1. The molecule has 8 nitrogen and oxygen atoms in total. The van der Waals surface area contributed by atoms with E-state index in [1.807, 2.05) is 66.9 Å². The monoisotopic (exact) mass is 1330 g/mol. The van der Waals surface area contributed by atoms with Gasteiger partial charge in [0.05, 0.1) is 49.8 Å². The van der Waals surface area contributed by atoms with Crippen LogP contribution < -0.4 is 0 Å². The highest BCUT2D eigenvalue weighted by Gasteiger charge is 2.21. The molecule has 0 bridgehead atoms. The van der Waals surface area contributed by atoms with Gasteiger partial charge in [-0.25, -0.2) is 15.0 Å². The van der Waals surface area contributed by atoms with Crippen molar-refractivity contribution in [2.45, 2.75) is 0 Å². The predicted molar refractivity (Wildman–Crippen MR) is 432 cm³/mol. The van der Waals surface area contributed by atoms with Gasteiger partial charge >= 0.3 is 0 Å². The largest absolute Gasteiger partial charge is 0.309 e. The molecule has 8 heteroatoms. The molecule has 0 N–H and O–H groups in total. The molecule has 0 aliphatic carbocycles. The van der Waals surface area contributed by atoms with Crippen molar-refractivity contribution in [2.75, 3.05) is 0 Å². The fraction of sp³-hybridized carbons (Fsp3) is 0. The lowest BCUT2D eigenvalue weighted by molar-refractivity contribution is 1.07. The van der Waals surface area contributed by atoms with Crippen LogP contribution in [-0.2, 0) is 0 Å². The normalized spacial score (nSPS) is 11.7. The maximum Gasteiger partial charge on any atom is 0.164 e. The van der Waals surface area contributed by atoms with Crippen molar-refractivity contribution in [1.29, 1.82) is 0 Å². The Bertz CT molecular complexity index is 6840. The zero-order chi connectivity index (χ0) is 68.6. The van der Waals surface area contributed by atoms with Crippen molar-refractivity contribution in [3.05, 3.63) is 376 Å². The first kappa shape index (κ1) is 59.9. The van der Waals surface area contributed by atoms with Gasteiger partial charge < -0.3 is 18.3 Å². The Kier molecular flexibility index (Phi) is 14.4. The molecule has 486 valence electrons. The number of nitrogens with zero attached hydrogens (tertiary/aromatic N) is 8. The van der Waals surface area contributed by atoms with Gasteiger partial charge in [0.15, 0.2) is 17.5 Å². The molecule has 21 rings (SSSR count). The van der Waals surface area contributed by atoms with Crippen LogP contribution in [0, 0.1) is 0 Å². The van der Waals surface area contributed by atoms with Crippen LogP contribution in [0.3, 0.4) is 0 Å². The van der Waals surface area contributed by atoms with E-state index >= 15 is 0 Å². The minimum atomic E-state index is 0.631. The molecule has 0 aliphatic rings. The molecular formula is C96H62N8. The van der Waals surface area contributed by atoms with Crippen molar-refractivity contribution in [1.82, 2.24) is 38.2 Å². The van der Waals surface area contributed by atoms with Crippen LogP contribution in [0.5, 0.6) is 0 Å². The quantitative estimate of drug-likeness (QED) is 0.137. The van der Waals surface area contributed by atoms with E-state index in [9.17, 15) is 0 Å². The van der Waals surface area contributed by atoms with Crippen LogP contribution in [0.15, 0.2) is 376 Å². The van der Waals surface area contributed by atoms with Gasteiger partial charge in [0, 0.05) is 99.7 Å². The molecule has 0 unspecified atom stereocenters. The highest BCUT2D eigenvalue weighted by molar-refractivity contribution is 6.15. The summed E-state index contributed by atoms with van der Waals surface area (Å²) in [6.07, 6.45) is 1.91. The van der Waals surface area contributed by atoms with Crippen LogP contribution in [0.2, 0.25) is 0 Å². The number of fused-ring (bicyclic) bond motifs is 13. The highest BCUT2D eigenvalue weighted by Crippen LogP contribution is 2.42. The summed E-state index contributed by atoms with van der Waals surface area (Å²) in [6.45, 7) is 0. The Balaban J connectivity index is 0.000000140. The minimum absolute atomic E-state index is 0.631. The number of hydrogen-bond donors (Lipinski definition) is 0. The van der Waals surface area contributed by atoms with Crippen LogP contribution in [0.25, 0.3) is 188 Å². The number of benzene rings is 15. The third-order valence-electron chi connectivity index (χ3n) is 20.5. The molecule has 6 heterocycles. The molecule has 0 aliphatic heterocycles. The predicted octanol–water partition coefficient (Wildman–Crippen LogP) is 24.5. The lowest BCUT2D eigenvalue weighted by atomic mass is 10.0. The Morgan fingerprint density at radius 2 is 0.462 bits per heavy atom. The van der Waals surface area contributed by atoms with E-state index in [2.05, 4.69) is 328 Å². The second-order valence-corrected chi connectivity index (χ2v) is 26.5. The Morgan fingerprint density at radius 1 is 0.173 bits per heavy atom. The standard InChI is InChI=1S/C51H33N5.C45H29N3/c1-4-15-34(16-5-1)49-52-50(35-17-6-2-7-18-35)54-51(53-49)38-19-14-22-40(31-38)56-46-26-13-11-24-42(46)44-33-37(28-30-48(44)56)36-27-29-47-43(32-36)41-23-10-12-25-45(41)55(47)39-20-8-3-9-21-39;1-2-13-34(14-3-1)47-41-19-8-6-17-37(41)39-28-31(21-23-43(39)47)32-22-24-44-40(29-32)38-18-7-9-20-42(38)48(44)35-15-10-12-33(27-35)45-36-16-5-4-11-30(36)25-26-46-45/h1-33H;1-29H. The molecule has 0 fully saturated rings. The number of para-hydroxylation sites is 6. The van der Waals surface area contributed by atoms with Crippen molar-refractivity contribution < 1.29 is 0 Å². The molecule has 0 saturated carbocycles. The first-order valence-electron chi connectivity index (χ1n) is 35.3. The number of rotatable bonds is 10. The summed E-state index contributed by atoms with van der Waals surface area (Å²) in [5.74, 6) is 1.92. The van der Waals surface area contributed by atoms with Crippen LogP contribution >= 0.6 is 0 Å². The SMILES string of the molecule is c1ccc(-c2nc(-c3ccccc3)nc(-c3cccc(-n4c5ccccc5c5cc(-c6ccc7c(c6)c6ccccc6n7-c6ccccc6)ccc54)c3)n2)cc1.c1ccc(-n2c3ccccc3c3cc(-c4ccc5c(c4)c4ccccc4n5-c4cccc(-c5nccc6ccccc56)c4)ccc32)cc1. The van der Waals surface area contributed by atoms with Gasteiger partial charge in [-0.3, -0.25) is 4.98 Å². The molecule has 0 amide bonds. The maximum absolute atomic E-state index is 5.02. The van der Waals surface area contributed by atoms with Gasteiger partial charge in [-0.1, -0.05) is 243 Å². The average molecular weight is 1330 g/mol. The van der Waals surface area contributed by atoms with Gasteiger partial charge in [0.2, 0.25) is 0 Å². The lowest BCUT2D eigenvalue weighted by Crippen LogP contribution is -2.01. The van der Waals surface area contributed by atoms with E-state index in [1.54, 1.807) is 0 Å². The summed E-state index contributed by atoms with van der Waals surface area (Å²) in [7, 11) is 0. The van der Waals surface area contributed by atoms with Crippen LogP contribution in [0.4, 0.5) is 0 Å². The fourth-order valence-electron chi connectivity index (χ4n) is 15.7. The zero-order valence-corrected chi connectivity index (χ0v) is 56.4. The summed E-state index contributed by atoms with van der Waals surface area (Å²) in [4.78, 5) is 19.8. The van der Waals surface area contributed by atoms with Gasteiger partial charge in [-0.2, -0.15) is 0 Å². The molecule has 21 aromatic rings. The first-order chi connectivity index (χ1) is 51.6. The Morgan fingerprint density at radius 3 is 0.865 bits per heavy atom. The summed E-state index contributed by atoms with van der Waals surface area (Å²) < 4.78 is 9.47. The average Bonchev–Trinajstić information content (AvgIpc) is 1.60. The summed E-state index contributed by atoms with van der Waals surface area (Å²) >= 11 is 0. The van der Waals surface area contributed by atoms with Gasteiger partial charge in [0.25, 0.3) is 0 Å². The lowest BCUT2D eigenvalue weighted by Gasteiger charge is -2.12. The Labute approximate surface area is 599 Å². The molecule has 0 atom stereocenters. The third-order valence-corrected chi connectivity index (χ3v) is 20.5. The zero-order valence-electron chi connectivity index (χ0n) is 56.4. The van der Waals surface area contributed by atoms with E-state index in [1.165, 1.54) is 110 Å². The number of pyridine rings is 1. The van der Waals surface area contributed by atoms with Gasteiger partial charge in [-0.05, 0) is 155 Å². The van der Waals surface area contributed by atoms with Crippen molar-refractivity contribution in [3.8, 4) is 90.4 Å².